The van der Waals surface area contributed by atoms with Crippen molar-refractivity contribution in [1.29, 1.82) is 0 Å². The van der Waals surface area contributed by atoms with Crippen LogP contribution in [0.25, 0.3) is 0 Å². The molecule has 24 heavy (non-hydrogen) atoms. The summed E-state index contributed by atoms with van der Waals surface area (Å²) in [6.07, 6.45) is 9.60. The van der Waals surface area contributed by atoms with Gasteiger partial charge in [0.2, 0.25) is 0 Å². The standard InChI is InChI=1S/C21H32O3/c1-4-5-6-7-8-9-11-16-20(17-23-21(22)18(2)3)24-19-14-12-10-13-15-19/h10,12-15,20H,2,4-9,11,16-17H2,1,3H3. The minimum atomic E-state index is -0.351. The highest BCUT2D eigenvalue weighted by Crippen LogP contribution is 2.16. The summed E-state index contributed by atoms with van der Waals surface area (Å²) in [5.41, 5.74) is 0.421. The average molecular weight is 332 g/mol. The molecule has 0 N–H and O–H groups in total. The van der Waals surface area contributed by atoms with Gasteiger partial charge in [-0.15, -0.1) is 0 Å². The molecule has 134 valence electrons. The summed E-state index contributed by atoms with van der Waals surface area (Å²) in [5.74, 6) is 0.466. The molecule has 3 heteroatoms. The van der Waals surface area contributed by atoms with Gasteiger partial charge in [0.1, 0.15) is 18.5 Å². The minimum Gasteiger partial charge on any atom is -0.487 e. The first-order valence-electron chi connectivity index (χ1n) is 9.17. The van der Waals surface area contributed by atoms with Crippen molar-refractivity contribution in [1.82, 2.24) is 0 Å². The molecule has 0 bridgehead atoms. The first-order chi connectivity index (χ1) is 11.6. The Labute approximate surface area is 147 Å². The van der Waals surface area contributed by atoms with Crippen LogP contribution < -0.4 is 4.74 Å². The van der Waals surface area contributed by atoms with Gasteiger partial charge < -0.3 is 9.47 Å². The Morgan fingerprint density at radius 3 is 2.29 bits per heavy atom. The molecule has 1 aromatic carbocycles. The zero-order chi connectivity index (χ0) is 17.6. The predicted octanol–water partition coefficient (Wildman–Crippen LogP) is 5.69. The van der Waals surface area contributed by atoms with Gasteiger partial charge in [0.15, 0.2) is 0 Å². The third-order valence-electron chi connectivity index (χ3n) is 3.92. The monoisotopic (exact) mass is 332 g/mol. The second-order valence-corrected chi connectivity index (χ2v) is 6.34. The lowest BCUT2D eigenvalue weighted by Gasteiger charge is -2.19. The maximum atomic E-state index is 11.6. The van der Waals surface area contributed by atoms with Gasteiger partial charge in [0.05, 0.1) is 0 Å². The van der Waals surface area contributed by atoms with Gasteiger partial charge in [-0.3, -0.25) is 0 Å². The van der Waals surface area contributed by atoms with E-state index in [1.165, 1.54) is 38.5 Å². The molecule has 0 heterocycles. The average Bonchev–Trinajstić information content (AvgIpc) is 2.59. The summed E-state index contributed by atoms with van der Waals surface area (Å²) in [5, 5.41) is 0. The lowest BCUT2D eigenvalue weighted by atomic mass is 10.1. The van der Waals surface area contributed by atoms with E-state index in [4.69, 9.17) is 9.47 Å². The van der Waals surface area contributed by atoms with Crippen molar-refractivity contribution >= 4 is 5.97 Å². The maximum Gasteiger partial charge on any atom is 0.333 e. The number of benzene rings is 1. The molecule has 0 aromatic heterocycles. The minimum absolute atomic E-state index is 0.105. The Bertz CT molecular complexity index is 467. The molecule has 0 spiro atoms. The Kier molecular flexibility index (Phi) is 10.7. The topological polar surface area (TPSA) is 35.5 Å². The molecule has 0 amide bonds. The number of unbranched alkanes of at least 4 members (excludes halogenated alkanes) is 6. The second kappa shape index (κ2) is 12.6. The molecule has 0 aliphatic rings. The largest absolute Gasteiger partial charge is 0.487 e. The van der Waals surface area contributed by atoms with Crippen LogP contribution in [0.4, 0.5) is 0 Å². The van der Waals surface area contributed by atoms with Crippen molar-refractivity contribution in [3.8, 4) is 5.75 Å². The number of esters is 1. The van der Waals surface area contributed by atoms with Gasteiger partial charge in [-0.1, -0.05) is 70.2 Å². The van der Waals surface area contributed by atoms with Gasteiger partial charge in [-0.05, 0) is 31.9 Å². The van der Waals surface area contributed by atoms with Crippen LogP contribution in [-0.4, -0.2) is 18.7 Å². The molecular weight excluding hydrogens is 300 g/mol. The molecule has 3 nitrogen and oxygen atoms in total. The van der Waals surface area contributed by atoms with Gasteiger partial charge in [-0.25, -0.2) is 4.79 Å². The Balaban J connectivity index is 2.36. The van der Waals surface area contributed by atoms with E-state index in [1.807, 2.05) is 30.3 Å². The fraction of sp³-hybridized carbons (Fsp3) is 0.571. The number of para-hydroxylation sites is 1. The quantitative estimate of drug-likeness (QED) is 0.264. The number of carbonyl (C=O) groups is 1. The molecule has 1 unspecified atom stereocenters. The SMILES string of the molecule is C=C(C)C(=O)OCC(CCCCCCCCC)Oc1ccccc1. The van der Waals surface area contributed by atoms with E-state index in [1.54, 1.807) is 6.92 Å². The number of ether oxygens (including phenoxy) is 2. The zero-order valence-electron chi connectivity index (χ0n) is 15.3. The van der Waals surface area contributed by atoms with Crippen molar-refractivity contribution in [2.45, 2.75) is 71.3 Å². The van der Waals surface area contributed by atoms with Crippen molar-refractivity contribution in [2.24, 2.45) is 0 Å². The Morgan fingerprint density at radius 1 is 1.04 bits per heavy atom. The lowest BCUT2D eigenvalue weighted by molar-refractivity contribution is -0.141. The van der Waals surface area contributed by atoms with Crippen LogP contribution >= 0.6 is 0 Å². The van der Waals surface area contributed by atoms with Crippen molar-refractivity contribution in [2.75, 3.05) is 6.61 Å². The molecule has 0 fully saturated rings. The van der Waals surface area contributed by atoms with E-state index in [0.717, 1.165) is 18.6 Å². The van der Waals surface area contributed by atoms with Gasteiger partial charge >= 0.3 is 5.97 Å². The normalized spacial score (nSPS) is 11.8. The number of hydrogen-bond donors (Lipinski definition) is 0. The smallest absolute Gasteiger partial charge is 0.333 e. The maximum absolute atomic E-state index is 11.6. The fourth-order valence-electron chi connectivity index (χ4n) is 2.49. The molecule has 0 saturated carbocycles. The Morgan fingerprint density at radius 2 is 1.67 bits per heavy atom. The van der Waals surface area contributed by atoms with Crippen molar-refractivity contribution < 1.29 is 14.3 Å². The molecule has 1 aromatic rings. The van der Waals surface area contributed by atoms with Crippen LogP contribution in [0.5, 0.6) is 5.75 Å². The van der Waals surface area contributed by atoms with E-state index in [-0.39, 0.29) is 18.7 Å². The van der Waals surface area contributed by atoms with E-state index in [2.05, 4.69) is 13.5 Å². The fourth-order valence-corrected chi connectivity index (χ4v) is 2.49. The predicted molar refractivity (Wildman–Crippen MR) is 99.2 cm³/mol. The second-order valence-electron chi connectivity index (χ2n) is 6.34. The van der Waals surface area contributed by atoms with Crippen molar-refractivity contribution in [3.05, 3.63) is 42.5 Å². The summed E-state index contributed by atoms with van der Waals surface area (Å²) in [6, 6.07) is 9.70. The van der Waals surface area contributed by atoms with E-state index in [9.17, 15) is 4.79 Å². The molecule has 0 radical (unpaired) electrons. The first kappa shape index (κ1) is 20.3. The summed E-state index contributed by atoms with van der Waals surface area (Å²) in [6.45, 7) is 7.78. The van der Waals surface area contributed by atoms with Crippen LogP contribution in [0.3, 0.4) is 0 Å². The lowest BCUT2D eigenvalue weighted by Crippen LogP contribution is -2.25. The van der Waals surface area contributed by atoms with Crippen molar-refractivity contribution in [3.63, 3.8) is 0 Å². The first-order valence-corrected chi connectivity index (χ1v) is 9.17. The van der Waals surface area contributed by atoms with Crippen LogP contribution in [0, 0.1) is 0 Å². The molecule has 0 aliphatic carbocycles. The van der Waals surface area contributed by atoms with E-state index < -0.39 is 0 Å². The zero-order valence-corrected chi connectivity index (χ0v) is 15.3. The van der Waals surface area contributed by atoms with Crippen LogP contribution in [0.1, 0.15) is 65.2 Å². The van der Waals surface area contributed by atoms with Gasteiger partial charge in [-0.2, -0.15) is 0 Å². The highest BCUT2D eigenvalue weighted by molar-refractivity contribution is 5.86. The highest BCUT2D eigenvalue weighted by Gasteiger charge is 2.14. The van der Waals surface area contributed by atoms with Gasteiger partial charge in [0, 0.05) is 5.57 Å². The molecule has 1 rings (SSSR count). The number of hydrogen-bond acceptors (Lipinski definition) is 3. The van der Waals surface area contributed by atoms with E-state index >= 15 is 0 Å². The number of rotatable bonds is 13. The molecule has 0 saturated heterocycles. The summed E-state index contributed by atoms with van der Waals surface area (Å²) < 4.78 is 11.3. The van der Waals surface area contributed by atoms with Crippen LogP contribution in [0.15, 0.2) is 42.5 Å². The summed E-state index contributed by atoms with van der Waals surface area (Å²) in [7, 11) is 0. The Hall–Kier alpha value is -1.77. The molecular formula is C21H32O3. The summed E-state index contributed by atoms with van der Waals surface area (Å²) >= 11 is 0. The van der Waals surface area contributed by atoms with Crippen LogP contribution in [-0.2, 0) is 9.53 Å². The van der Waals surface area contributed by atoms with Crippen LogP contribution in [0.2, 0.25) is 0 Å². The third kappa shape index (κ3) is 9.39. The summed E-state index contributed by atoms with van der Waals surface area (Å²) in [4.78, 5) is 11.6. The highest BCUT2D eigenvalue weighted by atomic mass is 16.6. The molecule has 0 aliphatic heterocycles. The van der Waals surface area contributed by atoms with E-state index in [0.29, 0.717) is 5.57 Å². The van der Waals surface area contributed by atoms with Gasteiger partial charge in [0.25, 0.3) is 0 Å². The molecule has 1 atom stereocenters. The number of carbonyl (C=O) groups excluding carboxylic acids is 1. The third-order valence-corrected chi connectivity index (χ3v) is 3.92.